The molecule has 0 spiro atoms. The van der Waals surface area contributed by atoms with E-state index in [1.807, 2.05) is 13.1 Å². The Morgan fingerprint density at radius 3 is 2.44 bits per heavy atom. The van der Waals surface area contributed by atoms with Gasteiger partial charge in [0.25, 0.3) is 0 Å². The number of anilines is 1. The lowest BCUT2D eigenvalue weighted by molar-refractivity contribution is -0.116. The van der Waals surface area contributed by atoms with Crippen molar-refractivity contribution < 1.29 is 4.79 Å². The summed E-state index contributed by atoms with van der Waals surface area (Å²) >= 11 is 0. The Morgan fingerprint density at radius 2 is 1.94 bits per heavy atom. The fourth-order valence-electron chi connectivity index (χ4n) is 2.46. The zero-order valence-corrected chi connectivity index (χ0v) is 13.4. The topological polar surface area (TPSA) is 20.3 Å². The third-order valence-electron chi connectivity index (χ3n) is 3.41. The standard InChI is InChI=1S/C15H25NOSi/c1-12(2)11-18(5,6)15-9-7-8-14(10-15)16(4)13(3)17/h7-10,12H,11H2,1-6H3/q-1. The molecule has 0 radical (unpaired) electrons. The fraction of sp³-hybridized carbons (Fsp3) is 0.533. The molecule has 0 N–H and O–H groups in total. The smallest absolute Gasteiger partial charge is 0.223 e. The van der Waals surface area contributed by atoms with Crippen molar-refractivity contribution in [1.82, 2.24) is 0 Å². The first-order chi connectivity index (χ1) is 8.24. The first-order valence-electron chi connectivity index (χ1n) is 6.59. The van der Waals surface area contributed by atoms with Crippen LogP contribution in [0.3, 0.4) is 0 Å². The SMILES string of the molecule is CC(=O)N(C)c1cccc([Si-](C)(C)CC(C)C)c1. The molecule has 3 heteroatoms. The number of nitrogens with zero attached hydrogens (tertiary/aromatic N) is 1. The number of hydrogen-bond donors (Lipinski definition) is 0. The lowest BCUT2D eigenvalue weighted by Crippen LogP contribution is -2.42. The van der Waals surface area contributed by atoms with Crippen LogP contribution in [0.1, 0.15) is 20.8 Å². The highest BCUT2D eigenvalue weighted by Gasteiger charge is 2.14. The van der Waals surface area contributed by atoms with Crippen LogP contribution in [0, 0.1) is 5.92 Å². The van der Waals surface area contributed by atoms with Gasteiger partial charge in [0.05, 0.1) is 0 Å². The molecule has 0 aliphatic heterocycles. The summed E-state index contributed by atoms with van der Waals surface area (Å²) in [6.07, 6.45) is 0. The van der Waals surface area contributed by atoms with E-state index >= 15 is 0 Å². The Balaban J connectivity index is 3.05. The Hall–Kier alpha value is -1.09. The van der Waals surface area contributed by atoms with Crippen molar-refractivity contribution in [3.63, 3.8) is 0 Å². The van der Waals surface area contributed by atoms with E-state index in [0.717, 1.165) is 11.6 Å². The van der Waals surface area contributed by atoms with Crippen LogP contribution in [0.15, 0.2) is 24.3 Å². The maximum Gasteiger partial charge on any atom is 0.223 e. The van der Waals surface area contributed by atoms with Crippen LogP contribution in [-0.2, 0) is 4.79 Å². The zero-order valence-electron chi connectivity index (χ0n) is 12.4. The van der Waals surface area contributed by atoms with E-state index in [-0.39, 0.29) is 5.91 Å². The van der Waals surface area contributed by atoms with E-state index < -0.39 is 8.07 Å². The average Bonchev–Trinajstić information content (AvgIpc) is 2.26. The molecule has 0 heterocycles. The van der Waals surface area contributed by atoms with Gasteiger partial charge in [0.15, 0.2) is 0 Å². The molecule has 2 nitrogen and oxygen atoms in total. The molecule has 0 aliphatic carbocycles. The fourth-order valence-corrected chi connectivity index (χ4v) is 5.82. The van der Waals surface area contributed by atoms with Crippen LogP contribution < -0.4 is 10.1 Å². The highest BCUT2D eigenvalue weighted by molar-refractivity contribution is 6.89. The molecule has 1 aromatic carbocycles. The second-order valence-corrected chi connectivity index (χ2v) is 10.9. The molecule has 0 unspecified atom stereocenters. The van der Waals surface area contributed by atoms with Gasteiger partial charge < -0.3 is 4.90 Å². The van der Waals surface area contributed by atoms with Crippen LogP contribution >= 0.6 is 0 Å². The number of carbonyl (C=O) groups excluding carboxylic acids is 1. The van der Waals surface area contributed by atoms with Gasteiger partial charge in [-0.2, -0.15) is 24.3 Å². The van der Waals surface area contributed by atoms with Crippen molar-refractivity contribution in [2.75, 3.05) is 11.9 Å². The summed E-state index contributed by atoms with van der Waals surface area (Å²) < 4.78 is 0. The molecule has 0 atom stereocenters. The molecule has 0 saturated carbocycles. The molecule has 18 heavy (non-hydrogen) atoms. The molecule has 1 amide bonds. The van der Waals surface area contributed by atoms with E-state index in [9.17, 15) is 4.79 Å². The third-order valence-corrected chi connectivity index (χ3v) is 7.12. The predicted molar refractivity (Wildman–Crippen MR) is 82.3 cm³/mol. The summed E-state index contributed by atoms with van der Waals surface area (Å²) in [7, 11) is 0.439. The van der Waals surface area contributed by atoms with E-state index in [4.69, 9.17) is 0 Å². The van der Waals surface area contributed by atoms with E-state index in [2.05, 4.69) is 45.1 Å². The number of rotatable bonds is 4. The zero-order chi connectivity index (χ0) is 13.9. The lowest BCUT2D eigenvalue weighted by atomic mass is 10.3. The summed E-state index contributed by atoms with van der Waals surface area (Å²) in [5.74, 6) is 0.802. The Bertz CT molecular complexity index is 426. The molecule has 0 fully saturated rings. The van der Waals surface area contributed by atoms with Crippen molar-refractivity contribution in [3.05, 3.63) is 24.3 Å². The van der Waals surface area contributed by atoms with Crippen molar-refractivity contribution in [2.24, 2.45) is 5.92 Å². The van der Waals surface area contributed by atoms with Gasteiger partial charge in [0.2, 0.25) is 5.91 Å². The number of carbonyl (C=O) groups is 1. The van der Waals surface area contributed by atoms with Crippen LogP contribution in [0.5, 0.6) is 0 Å². The molecular formula is C15H25NOSi-. The minimum absolute atomic E-state index is 0.0792. The average molecular weight is 263 g/mol. The van der Waals surface area contributed by atoms with E-state index in [1.165, 1.54) is 11.2 Å². The largest absolute Gasteiger partial charge is 0.316 e. The van der Waals surface area contributed by atoms with Gasteiger partial charge in [-0.1, -0.05) is 38.0 Å². The monoisotopic (exact) mass is 263 g/mol. The van der Waals surface area contributed by atoms with Crippen LogP contribution in [0.4, 0.5) is 5.69 Å². The van der Waals surface area contributed by atoms with Gasteiger partial charge in [-0.3, -0.25) is 4.79 Å². The Labute approximate surface area is 112 Å². The second kappa shape index (κ2) is 5.70. The van der Waals surface area contributed by atoms with E-state index in [1.54, 1.807) is 11.8 Å². The summed E-state index contributed by atoms with van der Waals surface area (Å²) in [5.41, 5.74) is 1.00. The van der Waals surface area contributed by atoms with Crippen molar-refractivity contribution in [1.29, 1.82) is 0 Å². The molecule has 0 aliphatic rings. The van der Waals surface area contributed by atoms with Crippen LogP contribution in [-0.4, -0.2) is 21.0 Å². The van der Waals surface area contributed by atoms with Gasteiger partial charge in [0.1, 0.15) is 0 Å². The maximum absolute atomic E-state index is 11.4. The minimum atomic E-state index is -1.39. The highest BCUT2D eigenvalue weighted by atomic mass is 28.3. The number of amides is 1. The molecular weight excluding hydrogens is 238 g/mol. The van der Waals surface area contributed by atoms with E-state index in [0.29, 0.717) is 0 Å². The number of hydrogen-bond acceptors (Lipinski definition) is 1. The van der Waals surface area contributed by atoms with Gasteiger partial charge in [-0.05, 0) is 6.07 Å². The number of benzene rings is 1. The Morgan fingerprint density at radius 1 is 1.33 bits per heavy atom. The third kappa shape index (κ3) is 3.70. The van der Waals surface area contributed by atoms with Crippen molar-refractivity contribution >= 4 is 24.9 Å². The molecule has 1 aromatic rings. The summed E-state index contributed by atoms with van der Waals surface area (Å²) in [6, 6.07) is 9.76. The molecule has 1 rings (SSSR count). The van der Waals surface area contributed by atoms with Crippen LogP contribution in [0.2, 0.25) is 19.1 Å². The molecule has 101 valence electrons. The highest BCUT2D eigenvalue weighted by Crippen LogP contribution is 2.19. The predicted octanol–water partition coefficient (Wildman–Crippen LogP) is 3.24. The quantitative estimate of drug-likeness (QED) is 0.764. The van der Waals surface area contributed by atoms with Crippen molar-refractivity contribution in [3.8, 4) is 0 Å². The Kier molecular flexibility index (Phi) is 4.74. The first kappa shape index (κ1) is 15.0. The van der Waals surface area contributed by atoms with Gasteiger partial charge in [-0.15, -0.1) is 8.07 Å². The summed E-state index contributed by atoms with van der Waals surface area (Å²) in [4.78, 5) is 13.1. The molecule has 0 aromatic heterocycles. The lowest BCUT2D eigenvalue weighted by Gasteiger charge is -2.37. The van der Waals surface area contributed by atoms with Gasteiger partial charge in [0, 0.05) is 19.7 Å². The van der Waals surface area contributed by atoms with Gasteiger partial charge in [-0.25, -0.2) is 0 Å². The normalized spacial score (nSPS) is 11.7. The van der Waals surface area contributed by atoms with Crippen LogP contribution in [0.25, 0.3) is 0 Å². The molecule has 0 saturated heterocycles. The first-order valence-corrected chi connectivity index (χ1v) is 9.79. The summed E-state index contributed by atoms with van der Waals surface area (Å²) in [6.45, 7) is 11.0. The second-order valence-electron chi connectivity index (χ2n) is 6.11. The maximum atomic E-state index is 11.4. The van der Waals surface area contributed by atoms with Crippen molar-refractivity contribution in [2.45, 2.75) is 39.9 Å². The summed E-state index contributed by atoms with van der Waals surface area (Å²) in [5, 5.41) is 1.43. The molecule has 0 bridgehead atoms. The van der Waals surface area contributed by atoms with Gasteiger partial charge >= 0.3 is 0 Å². The minimum Gasteiger partial charge on any atom is -0.316 e.